The molecule has 1 aliphatic heterocycles. The fourth-order valence-electron chi connectivity index (χ4n) is 2.85. The second kappa shape index (κ2) is 7.29. The molecule has 1 aliphatic rings. The van der Waals surface area contributed by atoms with E-state index in [-0.39, 0.29) is 12.0 Å². The van der Waals surface area contributed by atoms with E-state index in [9.17, 15) is 4.79 Å². The quantitative estimate of drug-likeness (QED) is 0.862. The average molecular weight is 326 g/mol. The number of piperidine rings is 1. The van der Waals surface area contributed by atoms with Crippen molar-refractivity contribution < 1.29 is 9.53 Å². The van der Waals surface area contributed by atoms with Crippen molar-refractivity contribution in [2.24, 2.45) is 0 Å². The SMILES string of the molecule is CN(C)c1nccnc1O[C@@H]1CCCN(C(=O)c2ccccc2)C1. The first kappa shape index (κ1) is 16.2. The molecule has 0 radical (unpaired) electrons. The number of nitrogens with zero attached hydrogens (tertiary/aromatic N) is 4. The van der Waals surface area contributed by atoms with Crippen LogP contribution in [0.2, 0.25) is 0 Å². The largest absolute Gasteiger partial charge is 0.470 e. The number of hydrogen-bond acceptors (Lipinski definition) is 5. The van der Waals surface area contributed by atoms with Crippen LogP contribution in [0.5, 0.6) is 5.88 Å². The van der Waals surface area contributed by atoms with Gasteiger partial charge < -0.3 is 14.5 Å². The maximum atomic E-state index is 12.6. The third-order valence-corrected chi connectivity index (χ3v) is 4.03. The molecule has 6 heteroatoms. The Morgan fingerprint density at radius 2 is 1.96 bits per heavy atom. The van der Waals surface area contributed by atoms with Crippen molar-refractivity contribution >= 4 is 11.7 Å². The van der Waals surface area contributed by atoms with Crippen molar-refractivity contribution in [1.29, 1.82) is 0 Å². The molecular weight excluding hydrogens is 304 g/mol. The summed E-state index contributed by atoms with van der Waals surface area (Å²) in [6.07, 6.45) is 5.02. The normalized spacial score (nSPS) is 17.4. The Bertz CT molecular complexity index is 690. The molecule has 126 valence electrons. The van der Waals surface area contributed by atoms with Crippen LogP contribution in [-0.2, 0) is 0 Å². The first-order chi connectivity index (χ1) is 11.6. The van der Waals surface area contributed by atoms with Gasteiger partial charge in [-0.15, -0.1) is 0 Å². The Kier molecular flexibility index (Phi) is 4.93. The van der Waals surface area contributed by atoms with Gasteiger partial charge in [-0.1, -0.05) is 18.2 Å². The monoisotopic (exact) mass is 326 g/mol. The number of rotatable bonds is 4. The van der Waals surface area contributed by atoms with Crippen molar-refractivity contribution in [3.05, 3.63) is 48.3 Å². The van der Waals surface area contributed by atoms with E-state index in [1.165, 1.54) is 0 Å². The van der Waals surface area contributed by atoms with E-state index in [2.05, 4.69) is 9.97 Å². The summed E-state index contributed by atoms with van der Waals surface area (Å²) in [4.78, 5) is 24.9. The van der Waals surface area contributed by atoms with Gasteiger partial charge in [0.05, 0.1) is 6.54 Å². The van der Waals surface area contributed by atoms with Crippen LogP contribution in [0.3, 0.4) is 0 Å². The zero-order valence-electron chi connectivity index (χ0n) is 14.1. The van der Waals surface area contributed by atoms with E-state index >= 15 is 0 Å². The van der Waals surface area contributed by atoms with Gasteiger partial charge in [0.25, 0.3) is 11.8 Å². The third kappa shape index (κ3) is 3.64. The van der Waals surface area contributed by atoms with Crippen LogP contribution in [0, 0.1) is 0 Å². The second-order valence-electron chi connectivity index (χ2n) is 6.08. The second-order valence-corrected chi connectivity index (χ2v) is 6.08. The van der Waals surface area contributed by atoms with Gasteiger partial charge in [-0.05, 0) is 25.0 Å². The van der Waals surface area contributed by atoms with Crippen LogP contribution in [0.25, 0.3) is 0 Å². The minimum Gasteiger partial charge on any atom is -0.470 e. The lowest BCUT2D eigenvalue weighted by Gasteiger charge is -2.33. The van der Waals surface area contributed by atoms with Crippen molar-refractivity contribution in [1.82, 2.24) is 14.9 Å². The number of ether oxygens (including phenoxy) is 1. The number of amides is 1. The number of likely N-dealkylation sites (tertiary alicyclic amines) is 1. The van der Waals surface area contributed by atoms with E-state index in [4.69, 9.17) is 4.74 Å². The highest BCUT2D eigenvalue weighted by molar-refractivity contribution is 5.94. The number of carbonyl (C=O) groups excluding carboxylic acids is 1. The lowest BCUT2D eigenvalue weighted by Crippen LogP contribution is -2.44. The van der Waals surface area contributed by atoms with E-state index in [0.717, 1.165) is 19.4 Å². The van der Waals surface area contributed by atoms with Gasteiger partial charge in [-0.25, -0.2) is 9.97 Å². The maximum Gasteiger partial charge on any atom is 0.257 e. The summed E-state index contributed by atoms with van der Waals surface area (Å²) in [7, 11) is 3.81. The molecule has 2 aromatic rings. The Morgan fingerprint density at radius 1 is 1.21 bits per heavy atom. The molecule has 1 aromatic carbocycles. The van der Waals surface area contributed by atoms with Crippen molar-refractivity contribution in [3.8, 4) is 5.88 Å². The average Bonchev–Trinajstić information content (AvgIpc) is 2.62. The summed E-state index contributed by atoms with van der Waals surface area (Å²) in [5.74, 6) is 1.27. The fourth-order valence-corrected chi connectivity index (χ4v) is 2.85. The first-order valence-electron chi connectivity index (χ1n) is 8.14. The smallest absolute Gasteiger partial charge is 0.257 e. The van der Waals surface area contributed by atoms with Crippen molar-refractivity contribution in [2.45, 2.75) is 18.9 Å². The lowest BCUT2D eigenvalue weighted by molar-refractivity contribution is 0.0528. The molecule has 1 atom stereocenters. The summed E-state index contributed by atoms with van der Waals surface area (Å²) >= 11 is 0. The van der Waals surface area contributed by atoms with Crippen LogP contribution in [0.15, 0.2) is 42.7 Å². The number of anilines is 1. The standard InChI is InChI=1S/C18H22N4O2/c1-21(2)16-17(20-11-10-19-16)24-15-9-6-12-22(13-15)18(23)14-7-4-3-5-8-14/h3-5,7-8,10-11,15H,6,9,12-13H2,1-2H3/t15-/m1/s1. The Hall–Kier alpha value is -2.63. The van der Waals surface area contributed by atoms with E-state index in [1.807, 2.05) is 54.2 Å². The molecule has 2 heterocycles. The summed E-state index contributed by atoms with van der Waals surface area (Å²) < 4.78 is 6.05. The molecule has 3 rings (SSSR count). The zero-order chi connectivity index (χ0) is 16.9. The van der Waals surface area contributed by atoms with Gasteiger partial charge in [0.15, 0.2) is 5.82 Å². The van der Waals surface area contributed by atoms with Crippen LogP contribution in [0.1, 0.15) is 23.2 Å². The topological polar surface area (TPSA) is 58.6 Å². The minimum absolute atomic E-state index is 0.0517. The Morgan fingerprint density at radius 3 is 2.71 bits per heavy atom. The van der Waals surface area contributed by atoms with Gasteiger partial charge >= 0.3 is 0 Å². The molecule has 6 nitrogen and oxygen atoms in total. The van der Waals surface area contributed by atoms with Crippen molar-refractivity contribution in [2.75, 3.05) is 32.1 Å². The molecule has 0 spiro atoms. The molecule has 0 unspecified atom stereocenters. The molecule has 0 aliphatic carbocycles. The fraction of sp³-hybridized carbons (Fsp3) is 0.389. The predicted octanol–water partition coefficient (Wildman–Crippen LogP) is 2.23. The first-order valence-corrected chi connectivity index (χ1v) is 8.14. The summed E-state index contributed by atoms with van der Waals surface area (Å²) in [6, 6.07) is 9.37. The Labute approximate surface area is 142 Å². The lowest BCUT2D eigenvalue weighted by atomic mass is 10.1. The highest BCUT2D eigenvalue weighted by Gasteiger charge is 2.26. The molecule has 1 aromatic heterocycles. The number of aromatic nitrogens is 2. The van der Waals surface area contributed by atoms with E-state index in [0.29, 0.717) is 23.8 Å². The molecule has 0 bridgehead atoms. The molecular formula is C18H22N4O2. The summed E-state index contributed by atoms with van der Waals surface area (Å²) in [5, 5.41) is 0. The molecule has 1 amide bonds. The van der Waals surface area contributed by atoms with Crippen molar-refractivity contribution in [3.63, 3.8) is 0 Å². The zero-order valence-corrected chi connectivity index (χ0v) is 14.1. The molecule has 1 saturated heterocycles. The number of benzene rings is 1. The number of hydrogen-bond donors (Lipinski definition) is 0. The molecule has 0 saturated carbocycles. The maximum absolute atomic E-state index is 12.6. The summed E-state index contributed by atoms with van der Waals surface area (Å²) in [6.45, 7) is 1.33. The van der Waals surface area contributed by atoms with Crippen LogP contribution in [0.4, 0.5) is 5.82 Å². The molecule has 1 fully saturated rings. The van der Waals surface area contributed by atoms with E-state index in [1.54, 1.807) is 12.4 Å². The van der Waals surface area contributed by atoms with Crippen LogP contribution >= 0.6 is 0 Å². The highest BCUT2D eigenvalue weighted by atomic mass is 16.5. The van der Waals surface area contributed by atoms with Gasteiger partial charge in [0, 0.05) is 38.6 Å². The minimum atomic E-state index is -0.0678. The third-order valence-electron chi connectivity index (χ3n) is 4.03. The molecule has 0 N–H and O–H groups in total. The van der Waals surface area contributed by atoms with Crippen LogP contribution in [-0.4, -0.2) is 54.1 Å². The number of carbonyl (C=O) groups is 1. The van der Waals surface area contributed by atoms with E-state index < -0.39 is 0 Å². The van der Waals surface area contributed by atoms with Gasteiger partial charge in [-0.2, -0.15) is 0 Å². The van der Waals surface area contributed by atoms with Gasteiger partial charge in [0.1, 0.15) is 6.10 Å². The predicted molar refractivity (Wildman–Crippen MR) is 92.4 cm³/mol. The van der Waals surface area contributed by atoms with Gasteiger partial charge in [0.2, 0.25) is 0 Å². The summed E-state index contributed by atoms with van der Waals surface area (Å²) in [5.41, 5.74) is 0.714. The Balaban J connectivity index is 1.69. The van der Waals surface area contributed by atoms with Gasteiger partial charge in [-0.3, -0.25) is 4.79 Å². The molecule has 24 heavy (non-hydrogen) atoms. The van der Waals surface area contributed by atoms with Crippen LogP contribution < -0.4 is 9.64 Å². The highest BCUT2D eigenvalue weighted by Crippen LogP contribution is 2.24.